The fourth-order valence-corrected chi connectivity index (χ4v) is 1.98. The van der Waals surface area contributed by atoms with Crippen molar-refractivity contribution in [2.45, 2.75) is 6.92 Å². The maximum absolute atomic E-state index is 12.0. The van der Waals surface area contributed by atoms with Crippen molar-refractivity contribution in [3.63, 3.8) is 0 Å². The molecule has 0 atom stereocenters. The van der Waals surface area contributed by atoms with Crippen LogP contribution in [0.3, 0.4) is 0 Å². The van der Waals surface area contributed by atoms with Crippen LogP contribution in [0.4, 0.5) is 5.69 Å². The molecule has 0 heterocycles. The maximum Gasteiger partial charge on any atom is 0.187 e. The van der Waals surface area contributed by atoms with E-state index >= 15 is 0 Å². The molecule has 0 aliphatic heterocycles. The molecule has 2 aromatic rings. The number of carbonyl (C=O) groups excluding carboxylic acids is 1. The zero-order valence-electron chi connectivity index (χ0n) is 11.9. The van der Waals surface area contributed by atoms with Crippen molar-refractivity contribution in [1.82, 2.24) is 0 Å². The van der Waals surface area contributed by atoms with Crippen molar-refractivity contribution in [1.29, 1.82) is 0 Å². The number of nitrogens with one attached hydrogen (secondary N) is 1. The highest BCUT2D eigenvalue weighted by Gasteiger charge is 2.02. The highest BCUT2D eigenvalue weighted by atomic mass is 35.5. The summed E-state index contributed by atoms with van der Waals surface area (Å²) in [4.78, 5) is 12.0. The molecule has 0 amide bonds. The van der Waals surface area contributed by atoms with Crippen molar-refractivity contribution in [2.24, 2.45) is 0 Å². The van der Waals surface area contributed by atoms with Gasteiger partial charge >= 0.3 is 0 Å². The zero-order valence-corrected chi connectivity index (χ0v) is 12.6. The first kappa shape index (κ1) is 15.1. The van der Waals surface area contributed by atoms with Crippen LogP contribution in [0.25, 0.3) is 0 Å². The first-order valence-corrected chi connectivity index (χ1v) is 6.85. The van der Waals surface area contributed by atoms with Gasteiger partial charge in [0.2, 0.25) is 0 Å². The second kappa shape index (κ2) is 6.95. The van der Waals surface area contributed by atoms with Crippen LogP contribution in [0.15, 0.2) is 54.7 Å². The van der Waals surface area contributed by atoms with Crippen LogP contribution in [0.5, 0.6) is 5.75 Å². The average molecular weight is 302 g/mol. The van der Waals surface area contributed by atoms with E-state index in [0.717, 1.165) is 17.0 Å². The van der Waals surface area contributed by atoms with Crippen LogP contribution < -0.4 is 10.1 Å². The minimum atomic E-state index is -0.0789. The van der Waals surface area contributed by atoms with E-state index in [1.807, 2.05) is 25.1 Å². The van der Waals surface area contributed by atoms with E-state index in [0.29, 0.717) is 10.6 Å². The van der Waals surface area contributed by atoms with Gasteiger partial charge in [0.15, 0.2) is 5.78 Å². The number of benzene rings is 2. The molecule has 2 aromatic carbocycles. The number of halogens is 1. The fourth-order valence-electron chi connectivity index (χ4n) is 1.81. The van der Waals surface area contributed by atoms with Crippen molar-refractivity contribution in [3.05, 3.63) is 70.9 Å². The second-order valence-corrected chi connectivity index (χ2v) is 4.97. The predicted octanol–water partition coefficient (Wildman–Crippen LogP) is 4.47. The lowest BCUT2D eigenvalue weighted by atomic mass is 10.1. The van der Waals surface area contributed by atoms with Gasteiger partial charge in [-0.1, -0.05) is 17.7 Å². The monoisotopic (exact) mass is 301 g/mol. The van der Waals surface area contributed by atoms with Crippen LogP contribution >= 0.6 is 11.6 Å². The number of carbonyl (C=O) groups is 1. The zero-order chi connectivity index (χ0) is 15.2. The van der Waals surface area contributed by atoms with E-state index < -0.39 is 0 Å². The summed E-state index contributed by atoms with van der Waals surface area (Å²) in [5, 5.41) is 3.72. The molecule has 0 saturated heterocycles. The van der Waals surface area contributed by atoms with Gasteiger partial charge < -0.3 is 10.1 Å². The summed E-state index contributed by atoms with van der Waals surface area (Å²) in [6.45, 7) is 1.97. The van der Waals surface area contributed by atoms with Gasteiger partial charge in [-0.2, -0.15) is 0 Å². The van der Waals surface area contributed by atoms with Crippen molar-refractivity contribution >= 4 is 23.1 Å². The van der Waals surface area contributed by atoms with Gasteiger partial charge in [0.25, 0.3) is 0 Å². The van der Waals surface area contributed by atoms with Gasteiger partial charge in [-0.3, -0.25) is 4.79 Å². The van der Waals surface area contributed by atoms with Gasteiger partial charge in [0.1, 0.15) is 5.75 Å². The van der Waals surface area contributed by atoms with Crippen LogP contribution in [0, 0.1) is 6.92 Å². The molecular weight excluding hydrogens is 286 g/mol. The Kier molecular flexibility index (Phi) is 5.01. The molecule has 0 fully saturated rings. The molecule has 0 saturated carbocycles. The summed E-state index contributed by atoms with van der Waals surface area (Å²) in [6.07, 6.45) is 3.10. The Balaban J connectivity index is 2.03. The number of allylic oxidation sites excluding steroid dienone is 1. The molecule has 2 rings (SSSR count). The number of aryl methyl sites for hydroxylation is 1. The summed E-state index contributed by atoms with van der Waals surface area (Å²) in [5.74, 6) is 0.646. The molecule has 0 unspecified atom stereocenters. The molecule has 21 heavy (non-hydrogen) atoms. The Bertz CT molecular complexity index is 663. The van der Waals surface area contributed by atoms with Crippen molar-refractivity contribution < 1.29 is 9.53 Å². The summed E-state index contributed by atoms with van der Waals surface area (Å²) >= 11 is 5.94. The lowest BCUT2D eigenvalue weighted by Gasteiger charge is -2.05. The molecule has 0 aliphatic carbocycles. The van der Waals surface area contributed by atoms with Gasteiger partial charge in [0.05, 0.1) is 7.11 Å². The van der Waals surface area contributed by atoms with Crippen LogP contribution in [0.1, 0.15) is 15.9 Å². The molecular formula is C17H16ClNO2. The van der Waals surface area contributed by atoms with E-state index in [4.69, 9.17) is 16.3 Å². The van der Waals surface area contributed by atoms with Gasteiger partial charge in [0, 0.05) is 28.5 Å². The van der Waals surface area contributed by atoms with Crippen LogP contribution in [0.2, 0.25) is 5.02 Å². The minimum Gasteiger partial charge on any atom is -0.497 e. The molecule has 0 radical (unpaired) electrons. The first-order valence-electron chi connectivity index (χ1n) is 6.48. The Morgan fingerprint density at radius 2 is 1.90 bits per heavy atom. The average Bonchev–Trinajstić information content (AvgIpc) is 2.50. The number of rotatable bonds is 5. The predicted molar refractivity (Wildman–Crippen MR) is 86.3 cm³/mol. The minimum absolute atomic E-state index is 0.0789. The van der Waals surface area contributed by atoms with Gasteiger partial charge in [-0.15, -0.1) is 0 Å². The number of methoxy groups -OCH3 is 1. The summed E-state index contributed by atoms with van der Waals surface area (Å²) in [7, 11) is 1.59. The number of hydrogen-bond acceptors (Lipinski definition) is 3. The second-order valence-electron chi connectivity index (χ2n) is 4.53. The highest BCUT2D eigenvalue weighted by molar-refractivity contribution is 6.30. The van der Waals surface area contributed by atoms with Crippen LogP contribution in [-0.4, -0.2) is 12.9 Å². The van der Waals surface area contributed by atoms with Gasteiger partial charge in [-0.25, -0.2) is 0 Å². The Labute approximate surface area is 129 Å². The molecule has 0 spiro atoms. The molecule has 1 N–H and O–H groups in total. The van der Waals surface area contributed by atoms with Crippen molar-refractivity contribution in [3.8, 4) is 5.75 Å². The molecule has 4 heteroatoms. The fraction of sp³-hybridized carbons (Fsp3) is 0.118. The van der Waals surface area contributed by atoms with E-state index in [-0.39, 0.29) is 5.78 Å². The SMILES string of the molecule is COc1ccc(C(=O)/C=C\Nc2cc(Cl)ccc2C)cc1. The van der Waals surface area contributed by atoms with Gasteiger partial charge in [-0.05, 0) is 48.9 Å². The van der Waals surface area contributed by atoms with E-state index in [9.17, 15) is 4.79 Å². The van der Waals surface area contributed by atoms with Crippen molar-refractivity contribution in [2.75, 3.05) is 12.4 Å². The Hall–Kier alpha value is -2.26. The molecule has 0 bridgehead atoms. The number of anilines is 1. The normalized spacial score (nSPS) is 10.6. The molecule has 0 aromatic heterocycles. The van der Waals surface area contributed by atoms with Crippen LogP contribution in [-0.2, 0) is 0 Å². The molecule has 0 aliphatic rings. The summed E-state index contributed by atoms with van der Waals surface area (Å²) < 4.78 is 5.06. The number of hydrogen-bond donors (Lipinski definition) is 1. The summed E-state index contributed by atoms with van der Waals surface area (Å²) in [5.41, 5.74) is 2.54. The smallest absolute Gasteiger partial charge is 0.187 e. The Morgan fingerprint density at radius 3 is 2.57 bits per heavy atom. The number of ether oxygens (including phenoxy) is 1. The summed E-state index contributed by atoms with van der Waals surface area (Å²) in [6, 6.07) is 12.6. The molecule has 3 nitrogen and oxygen atoms in total. The maximum atomic E-state index is 12.0. The third kappa shape index (κ3) is 4.10. The third-order valence-electron chi connectivity index (χ3n) is 3.05. The lowest BCUT2D eigenvalue weighted by Crippen LogP contribution is -1.97. The topological polar surface area (TPSA) is 38.3 Å². The first-order chi connectivity index (χ1) is 10.1. The highest BCUT2D eigenvalue weighted by Crippen LogP contribution is 2.20. The van der Waals surface area contributed by atoms with E-state index in [2.05, 4.69) is 5.32 Å². The Morgan fingerprint density at radius 1 is 1.19 bits per heavy atom. The lowest BCUT2D eigenvalue weighted by molar-refractivity contribution is 0.104. The number of ketones is 1. The van der Waals surface area contributed by atoms with E-state index in [1.165, 1.54) is 6.08 Å². The quantitative estimate of drug-likeness (QED) is 0.654. The van der Waals surface area contributed by atoms with E-state index in [1.54, 1.807) is 37.6 Å². The molecule has 108 valence electrons. The largest absolute Gasteiger partial charge is 0.497 e. The standard InChI is InChI=1S/C17H16ClNO2/c1-12-3-6-14(18)11-16(12)19-10-9-17(20)13-4-7-15(21-2)8-5-13/h3-11,19H,1-2H3/b10-9-. The third-order valence-corrected chi connectivity index (χ3v) is 3.28.